The first kappa shape index (κ1) is 20.8. The zero-order valence-corrected chi connectivity index (χ0v) is 18.4. The molecule has 4 aromatic rings. The number of aromatic nitrogens is 6. The number of benzene rings is 1. The van der Waals surface area contributed by atoms with Gasteiger partial charge in [-0.2, -0.15) is 13.8 Å². The van der Waals surface area contributed by atoms with Crippen molar-refractivity contribution in [2.45, 2.75) is 25.5 Å². The van der Waals surface area contributed by atoms with E-state index in [1.807, 2.05) is 0 Å². The van der Waals surface area contributed by atoms with Crippen molar-refractivity contribution < 1.29 is 18.0 Å². The van der Waals surface area contributed by atoms with Gasteiger partial charge < -0.3 is 18.7 Å². The third-order valence-corrected chi connectivity index (χ3v) is 6.48. The topological polar surface area (TPSA) is 104 Å². The Morgan fingerprint density at radius 3 is 2.56 bits per heavy atom. The first-order chi connectivity index (χ1) is 16.3. The lowest BCUT2D eigenvalue weighted by molar-refractivity contribution is -0.158. The van der Waals surface area contributed by atoms with E-state index in [9.17, 15) is 13.6 Å². The van der Waals surface area contributed by atoms with E-state index >= 15 is 0 Å². The van der Waals surface area contributed by atoms with Gasteiger partial charge in [-0.15, -0.1) is 0 Å². The maximum atomic E-state index is 13.0. The highest BCUT2D eigenvalue weighted by atomic mass is 19.3. The van der Waals surface area contributed by atoms with E-state index in [0.717, 1.165) is 18.8 Å². The van der Waals surface area contributed by atoms with Gasteiger partial charge in [0.15, 0.2) is 17.0 Å². The third-order valence-electron chi connectivity index (χ3n) is 6.48. The number of aryl methyl sites for hydroxylation is 1. The Hall–Kier alpha value is -3.83. The molecule has 3 aromatic heterocycles. The molecule has 176 valence electrons. The number of fused-ring (bicyclic) bond motifs is 2. The SMILES string of the molecule is Cn1cnc2ncn(Cc3nc(C4[C@H]5CN(c6ccc(OC(C)(F)F)cc6)C[C@@H]45)no3)c(=O)c21. The van der Waals surface area contributed by atoms with E-state index < -0.39 is 6.11 Å². The van der Waals surface area contributed by atoms with Gasteiger partial charge >= 0.3 is 6.11 Å². The lowest BCUT2D eigenvalue weighted by Gasteiger charge is -2.22. The number of hydrogen-bond donors (Lipinski definition) is 0. The van der Waals surface area contributed by atoms with Crippen LogP contribution in [0.4, 0.5) is 14.5 Å². The van der Waals surface area contributed by atoms with Crippen LogP contribution in [0.15, 0.2) is 46.2 Å². The van der Waals surface area contributed by atoms with Crippen LogP contribution in [0.1, 0.15) is 24.6 Å². The van der Waals surface area contributed by atoms with Gasteiger partial charge in [0.05, 0.1) is 6.33 Å². The van der Waals surface area contributed by atoms with E-state index in [2.05, 4.69) is 29.7 Å². The van der Waals surface area contributed by atoms with Gasteiger partial charge in [0, 0.05) is 38.7 Å². The Labute approximate surface area is 191 Å². The van der Waals surface area contributed by atoms with Gasteiger partial charge in [0.1, 0.15) is 18.6 Å². The number of hydrogen-bond acceptors (Lipinski definition) is 8. The summed E-state index contributed by atoms with van der Waals surface area (Å²) in [6.45, 7) is 2.50. The minimum Gasteiger partial charge on any atom is -0.433 e. The highest BCUT2D eigenvalue weighted by Gasteiger charge is 2.58. The monoisotopic (exact) mass is 469 g/mol. The van der Waals surface area contributed by atoms with Gasteiger partial charge in [-0.1, -0.05) is 5.16 Å². The minimum absolute atomic E-state index is 0.134. The van der Waals surface area contributed by atoms with Crippen molar-refractivity contribution in [1.29, 1.82) is 0 Å². The highest BCUT2D eigenvalue weighted by Crippen LogP contribution is 2.57. The molecule has 12 heteroatoms. The van der Waals surface area contributed by atoms with Gasteiger partial charge in [-0.3, -0.25) is 9.36 Å². The molecule has 1 saturated heterocycles. The summed E-state index contributed by atoms with van der Waals surface area (Å²) in [6.07, 6.45) is -0.221. The highest BCUT2D eigenvalue weighted by molar-refractivity contribution is 5.68. The fourth-order valence-electron chi connectivity index (χ4n) is 4.85. The molecule has 34 heavy (non-hydrogen) atoms. The number of anilines is 1. The van der Waals surface area contributed by atoms with Crippen LogP contribution in [0.3, 0.4) is 0 Å². The zero-order valence-electron chi connectivity index (χ0n) is 18.4. The average Bonchev–Trinajstić information content (AvgIpc) is 3.19. The molecule has 0 bridgehead atoms. The van der Waals surface area contributed by atoms with E-state index in [1.165, 1.54) is 10.9 Å². The summed E-state index contributed by atoms with van der Waals surface area (Å²) in [4.78, 5) is 27.8. The molecule has 0 spiro atoms. The van der Waals surface area contributed by atoms with Crippen LogP contribution in [0.2, 0.25) is 0 Å². The molecule has 1 unspecified atom stereocenters. The van der Waals surface area contributed by atoms with E-state index in [-0.39, 0.29) is 23.8 Å². The largest absolute Gasteiger partial charge is 0.433 e. The number of rotatable bonds is 6. The number of alkyl halides is 2. The molecule has 1 aromatic carbocycles. The summed E-state index contributed by atoms with van der Waals surface area (Å²) >= 11 is 0. The molecule has 1 aliphatic carbocycles. The van der Waals surface area contributed by atoms with E-state index in [1.54, 1.807) is 42.2 Å². The van der Waals surface area contributed by atoms with E-state index in [4.69, 9.17) is 4.52 Å². The van der Waals surface area contributed by atoms with E-state index in [0.29, 0.717) is 41.6 Å². The Bertz CT molecular complexity index is 1410. The normalized spacial score (nSPS) is 21.8. The van der Waals surface area contributed by atoms with Gasteiger partial charge in [-0.25, -0.2) is 9.97 Å². The van der Waals surface area contributed by atoms with Crippen LogP contribution in [0, 0.1) is 11.8 Å². The first-order valence-corrected chi connectivity index (χ1v) is 10.9. The van der Waals surface area contributed by atoms with Crippen LogP contribution in [0.5, 0.6) is 5.75 Å². The zero-order chi connectivity index (χ0) is 23.6. The Balaban J connectivity index is 1.10. The summed E-state index contributed by atoms with van der Waals surface area (Å²) in [5.41, 5.74) is 1.56. The number of halogens is 2. The lowest BCUT2D eigenvalue weighted by atomic mass is 10.2. The molecular weight excluding hydrogens is 448 g/mol. The quantitative estimate of drug-likeness (QED) is 0.424. The predicted molar refractivity (Wildman–Crippen MR) is 116 cm³/mol. The van der Waals surface area contributed by atoms with Crippen LogP contribution in [-0.2, 0) is 13.6 Å². The molecule has 1 saturated carbocycles. The Morgan fingerprint density at radius 1 is 1.15 bits per heavy atom. The number of nitrogens with zero attached hydrogens (tertiary/aromatic N) is 7. The molecule has 0 N–H and O–H groups in total. The summed E-state index contributed by atoms with van der Waals surface area (Å²) in [5.74, 6) is 2.15. The summed E-state index contributed by atoms with van der Waals surface area (Å²) in [6, 6.07) is 6.69. The third kappa shape index (κ3) is 3.58. The smallest absolute Gasteiger partial charge is 0.394 e. The summed E-state index contributed by atoms with van der Waals surface area (Å²) in [7, 11) is 1.74. The number of piperidine rings is 1. The second-order valence-electron chi connectivity index (χ2n) is 8.91. The molecule has 2 aliphatic rings. The minimum atomic E-state index is -3.21. The fraction of sp³-hybridized carbons (Fsp3) is 0.409. The molecule has 3 atom stereocenters. The van der Waals surface area contributed by atoms with Crippen molar-refractivity contribution in [1.82, 2.24) is 29.2 Å². The number of ether oxygens (including phenoxy) is 1. The van der Waals surface area contributed by atoms with Crippen LogP contribution < -0.4 is 15.2 Å². The van der Waals surface area contributed by atoms with Crippen LogP contribution in [0.25, 0.3) is 11.2 Å². The molecule has 0 amide bonds. The van der Waals surface area contributed by atoms with Crippen LogP contribution in [-0.4, -0.2) is 48.4 Å². The van der Waals surface area contributed by atoms with Crippen molar-refractivity contribution in [2.24, 2.45) is 18.9 Å². The van der Waals surface area contributed by atoms with Crippen molar-refractivity contribution in [3.05, 3.63) is 59.0 Å². The first-order valence-electron chi connectivity index (χ1n) is 10.9. The van der Waals surface area contributed by atoms with Crippen LogP contribution >= 0.6 is 0 Å². The number of imidazole rings is 1. The molecule has 0 radical (unpaired) electrons. The molecule has 4 heterocycles. The molecular formula is C22H21F2N7O3. The van der Waals surface area contributed by atoms with Gasteiger partial charge in [0.25, 0.3) is 5.56 Å². The van der Waals surface area contributed by atoms with Crippen molar-refractivity contribution in [2.75, 3.05) is 18.0 Å². The maximum absolute atomic E-state index is 13.0. The molecule has 2 fully saturated rings. The van der Waals surface area contributed by atoms with Crippen molar-refractivity contribution >= 4 is 16.9 Å². The Kier molecular flexibility index (Phi) is 4.48. The fourth-order valence-corrected chi connectivity index (χ4v) is 4.85. The van der Waals surface area contributed by atoms with Crippen molar-refractivity contribution in [3.8, 4) is 5.75 Å². The predicted octanol–water partition coefficient (Wildman–Crippen LogP) is 2.40. The van der Waals surface area contributed by atoms with Gasteiger partial charge in [-0.05, 0) is 36.1 Å². The lowest BCUT2D eigenvalue weighted by Crippen LogP contribution is -2.24. The summed E-state index contributed by atoms with van der Waals surface area (Å²) in [5, 5.41) is 4.15. The Morgan fingerprint density at radius 2 is 1.85 bits per heavy atom. The molecule has 1 aliphatic heterocycles. The summed E-state index contributed by atoms with van der Waals surface area (Å²) < 4.78 is 39.1. The maximum Gasteiger partial charge on any atom is 0.394 e. The second kappa shape index (κ2) is 7.34. The van der Waals surface area contributed by atoms with Gasteiger partial charge in [0.2, 0.25) is 5.89 Å². The van der Waals surface area contributed by atoms with Crippen molar-refractivity contribution in [3.63, 3.8) is 0 Å². The average molecular weight is 469 g/mol. The molecule has 10 nitrogen and oxygen atoms in total. The molecule has 6 rings (SSSR count). The standard InChI is InChI=1S/C22H21F2N7O3/c1-22(23,24)33-13-5-3-12(4-6-13)30-7-14-15(8-30)17(14)19-27-16(34-28-19)9-31-11-26-20-18(21(31)32)29(2)10-25-20/h3-6,10-11,14-15,17H,7-9H2,1-2H3/t14-,15+,17?. The second-order valence-corrected chi connectivity index (χ2v) is 8.91.